The molecule has 1 aliphatic heterocycles. The van der Waals surface area contributed by atoms with E-state index in [1.54, 1.807) is 0 Å². The molecule has 1 heterocycles. The van der Waals surface area contributed by atoms with Crippen molar-refractivity contribution in [3.8, 4) is 0 Å². The third-order valence-electron chi connectivity index (χ3n) is 3.86. The zero-order chi connectivity index (χ0) is 15.5. The van der Waals surface area contributed by atoms with Gasteiger partial charge < -0.3 is 15.8 Å². The predicted octanol–water partition coefficient (Wildman–Crippen LogP) is 2.24. The first-order valence-corrected chi connectivity index (χ1v) is 7.62. The summed E-state index contributed by atoms with van der Waals surface area (Å²) in [6.07, 6.45) is 1.31. The molecule has 1 saturated heterocycles. The Morgan fingerprint density at radius 1 is 1.43 bits per heavy atom. The van der Waals surface area contributed by atoms with Crippen molar-refractivity contribution < 1.29 is 9.53 Å². The molecule has 0 atom stereocenters. The highest BCUT2D eigenvalue weighted by atomic mass is 35.5. The molecule has 5 heteroatoms. The molecule has 1 aromatic rings. The molecule has 4 nitrogen and oxygen atoms in total. The summed E-state index contributed by atoms with van der Waals surface area (Å²) in [4.78, 5) is 12.8. The average Bonchev–Trinajstić information content (AvgIpc) is 2.44. The lowest BCUT2D eigenvalue weighted by Gasteiger charge is -2.37. The van der Waals surface area contributed by atoms with E-state index in [-0.39, 0.29) is 5.91 Å². The van der Waals surface area contributed by atoms with Gasteiger partial charge in [0.2, 0.25) is 5.91 Å². The fourth-order valence-corrected chi connectivity index (χ4v) is 2.82. The number of hydrogen-bond acceptors (Lipinski definition) is 3. The van der Waals surface area contributed by atoms with Gasteiger partial charge in [0.15, 0.2) is 0 Å². The maximum absolute atomic E-state index is 12.8. The smallest absolute Gasteiger partial charge is 0.230 e. The monoisotopic (exact) mass is 310 g/mol. The minimum atomic E-state index is -0.575. The van der Waals surface area contributed by atoms with Crippen molar-refractivity contribution in [2.75, 3.05) is 19.8 Å². The van der Waals surface area contributed by atoms with Crippen LogP contribution in [0.15, 0.2) is 24.3 Å². The van der Waals surface area contributed by atoms with Crippen molar-refractivity contribution in [2.24, 2.45) is 5.73 Å². The zero-order valence-corrected chi connectivity index (χ0v) is 13.4. The third kappa shape index (κ3) is 3.96. The number of ether oxygens (including phenoxy) is 1. The van der Waals surface area contributed by atoms with Crippen molar-refractivity contribution in [1.29, 1.82) is 0 Å². The summed E-state index contributed by atoms with van der Waals surface area (Å²) < 4.78 is 5.43. The number of rotatable bonds is 4. The molecule has 1 fully saturated rings. The van der Waals surface area contributed by atoms with Gasteiger partial charge in [0.05, 0.1) is 5.41 Å². The van der Waals surface area contributed by atoms with Crippen LogP contribution in [0.4, 0.5) is 0 Å². The molecular formula is C16H23ClN2O2. The van der Waals surface area contributed by atoms with E-state index < -0.39 is 11.0 Å². The molecular weight excluding hydrogens is 288 g/mol. The fraction of sp³-hybridized carbons (Fsp3) is 0.562. The average molecular weight is 311 g/mol. The van der Waals surface area contributed by atoms with Crippen LogP contribution < -0.4 is 11.1 Å². The number of benzene rings is 1. The lowest BCUT2D eigenvalue weighted by Crippen LogP contribution is -2.53. The quantitative estimate of drug-likeness (QED) is 0.896. The van der Waals surface area contributed by atoms with E-state index >= 15 is 0 Å². The maximum atomic E-state index is 12.8. The fourth-order valence-electron chi connectivity index (χ4n) is 2.63. The number of halogens is 1. The highest BCUT2D eigenvalue weighted by Crippen LogP contribution is 2.36. The van der Waals surface area contributed by atoms with Crippen LogP contribution in [0, 0.1) is 0 Å². The van der Waals surface area contributed by atoms with Crippen molar-refractivity contribution in [2.45, 2.75) is 37.6 Å². The highest BCUT2D eigenvalue weighted by Gasteiger charge is 2.41. The van der Waals surface area contributed by atoms with E-state index in [1.807, 2.05) is 38.1 Å². The lowest BCUT2D eigenvalue weighted by molar-refractivity contribution is -0.130. The number of carbonyl (C=O) groups excluding carboxylic acids is 1. The van der Waals surface area contributed by atoms with Gasteiger partial charge in [-0.3, -0.25) is 4.79 Å². The van der Waals surface area contributed by atoms with Gasteiger partial charge in [-0.1, -0.05) is 23.7 Å². The topological polar surface area (TPSA) is 64.3 Å². The number of amides is 1. The van der Waals surface area contributed by atoms with Crippen molar-refractivity contribution in [3.63, 3.8) is 0 Å². The van der Waals surface area contributed by atoms with E-state index in [1.165, 1.54) is 0 Å². The Bertz CT molecular complexity index is 505. The first-order chi connectivity index (χ1) is 9.83. The van der Waals surface area contributed by atoms with Crippen LogP contribution >= 0.6 is 11.6 Å². The standard InChI is InChI=1S/C16H23ClN2O2/c1-15(2,18)11-19-14(20)16(6-8-21-9-7-16)12-4-3-5-13(17)10-12/h3-5,10H,6-9,11,18H2,1-2H3,(H,19,20). The Labute approximate surface area is 131 Å². The van der Waals surface area contributed by atoms with Gasteiger partial charge in [0.1, 0.15) is 0 Å². The number of nitrogens with one attached hydrogen (secondary N) is 1. The second-order valence-corrected chi connectivity index (χ2v) is 6.81. The maximum Gasteiger partial charge on any atom is 0.230 e. The second-order valence-electron chi connectivity index (χ2n) is 6.38. The normalized spacial score (nSPS) is 18.3. The van der Waals surface area contributed by atoms with Crippen LogP contribution in [0.5, 0.6) is 0 Å². The Morgan fingerprint density at radius 2 is 2.10 bits per heavy atom. The molecule has 0 radical (unpaired) electrons. The van der Waals surface area contributed by atoms with Gasteiger partial charge in [-0.05, 0) is 44.4 Å². The molecule has 21 heavy (non-hydrogen) atoms. The van der Waals surface area contributed by atoms with Crippen LogP contribution in [0.25, 0.3) is 0 Å². The lowest BCUT2D eigenvalue weighted by atomic mass is 9.73. The minimum absolute atomic E-state index is 0.00610. The molecule has 0 unspecified atom stereocenters. The summed E-state index contributed by atoms with van der Waals surface area (Å²) in [7, 11) is 0. The predicted molar refractivity (Wildman–Crippen MR) is 84.5 cm³/mol. The molecule has 0 saturated carbocycles. The Balaban J connectivity index is 2.27. The first-order valence-electron chi connectivity index (χ1n) is 7.24. The van der Waals surface area contributed by atoms with E-state index in [9.17, 15) is 4.79 Å². The molecule has 1 aliphatic rings. The van der Waals surface area contributed by atoms with Gasteiger partial charge in [0, 0.05) is 30.3 Å². The largest absolute Gasteiger partial charge is 0.381 e. The molecule has 116 valence electrons. The summed E-state index contributed by atoms with van der Waals surface area (Å²) in [5.41, 5.74) is 5.90. The molecule has 0 bridgehead atoms. The Kier molecular flexibility index (Phi) is 4.91. The van der Waals surface area contributed by atoms with E-state index in [2.05, 4.69) is 5.32 Å². The minimum Gasteiger partial charge on any atom is -0.381 e. The number of nitrogens with two attached hydrogens (primary N) is 1. The molecule has 1 amide bonds. The van der Waals surface area contributed by atoms with Crippen LogP contribution in [0.1, 0.15) is 32.3 Å². The molecule has 1 aromatic carbocycles. The Morgan fingerprint density at radius 3 is 2.67 bits per heavy atom. The number of carbonyl (C=O) groups is 1. The summed E-state index contributed by atoms with van der Waals surface area (Å²) in [6.45, 7) is 5.37. The van der Waals surface area contributed by atoms with Crippen molar-refractivity contribution >= 4 is 17.5 Å². The first kappa shape index (κ1) is 16.3. The van der Waals surface area contributed by atoms with E-state index in [0.29, 0.717) is 37.6 Å². The second kappa shape index (κ2) is 6.34. The third-order valence-corrected chi connectivity index (χ3v) is 4.10. The van der Waals surface area contributed by atoms with Crippen LogP contribution in [0.2, 0.25) is 5.02 Å². The number of hydrogen-bond donors (Lipinski definition) is 2. The highest BCUT2D eigenvalue weighted by molar-refractivity contribution is 6.30. The summed E-state index contributed by atoms with van der Waals surface area (Å²) in [5.74, 6) is 0.00610. The molecule has 0 spiro atoms. The van der Waals surface area contributed by atoms with Crippen molar-refractivity contribution in [1.82, 2.24) is 5.32 Å². The van der Waals surface area contributed by atoms with Crippen LogP contribution in [-0.2, 0) is 14.9 Å². The van der Waals surface area contributed by atoms with Gasteiger partial charge in [-0.15, -0.1) is 0 Å². The molecule has 0 aliphatic carbocycles. The van der Waals surface area contributed by atoms with E-state index in [0.717, 1.165) is 5.56 Å². The SMILES string of the molecule is CC(C)(N)CNC(=O)C1(c2cccc(Cl)c2)CCOCC1. The van der Waals surface area contributed by atoms with E-state index in [4.69, 9.17) is 22.1 Å². The van der Waals surface area contributed by atoms with Gasteiger partial charge >= 0.3 is 0 Å². The Hall–Kier alpha value is -1.10. The molecule has 3 N–H and O–H groups in total. The summed E-state index contributed by atoms with van der Waals surface area (Å²) >= 11 is 6.10. The van der Waals surface area contributed by atoms with Gasteiger partial charge in [0.25, 0.3) is 0 Å². The summed E-state index contributed by atoms with van der Waals surface area (Å²) in [5, 5.41) is 3.63. The molecule has 2 rings (SSSR count). The zero-order valence-electron chi connectivity index (χ0n) is 12.6. The molecule has 0 aromatic heterocycles. The van der Waals surface area contributed by atoms with Gasteiger partial charge in [-0.25, -0.2) is 0 Å². The van der Waals surface area contributed by atoms with Crippen molar-refractivity contribution in [3.05, 3.63) is 34.9 Å². The van der Waals surface area contributed by atoms with Crippen LogP contribution in [-0.4, -0.2) is 31.2 Å². The van der Waals surface area contributed by atoms with Gasteiger partial charge in [-0.2, -0.15) is 0 Å². The van der Waals surface area contributed by atoms with Crippen LogP contribution in [0.3, 0.4) is 0 Å². The summed E-state index contributed by atoms with van der Waals surface area (Å²) in [6, 6.07) is 7.54.